The van der Waals surface area contributed by atoms with Gasteiger partial charge in [0.05, 0.1) is 13.2 Å². The van der Waals surface area contributed by atoms with Gasteiger partial charge in [-0.15, -0.1) is 0 Å². The maximum Gasteiger partial charge on any atom is 0.331 e. The molecule has 0 spiro atoms. The predicted octanol–water partition coefficient (Wildman–Crippen LogP) is 2.97. The van der Waals surface area contributed by atoms with Crippen LogP contribution in [0.1, 0.15) is 31.2 Å². The Morgan fingerprint density at radius 1 is 1.32 bits per heavy atom. The SMILES string of the molecule is COC(=O)COCCCCN1C(=O)CCC1C=CC(=O)Cc1cccc(Cl)c1. The van der Waals surface area contributed by atoms with E-state index in [2.05, 4.69) is 4.74 Å². The third kappa shape index (κ3) is 7.44. The molecule has 28 heavy (non-hydrogen) atoms. The smallest absolute Gasteiger partial charge is 0.331 e. The monoisotopic (exact) mass is 407 g/mol. The number of allylic oxidation sites excluding steroid dienone is 1. The standard InChI is InChI=1S/C21H26ClNO5/c1-27-21(26)15-28-12-3-2-11-23-18(8-10-20(23)25)7-9-19(24)14-16-5-4-6-17(22)13-16/h4-7,9,13,18H,2-3,8,10-12,14-15H2,1H3. The molecular formula is C21H26ClNO5. The molecule has 1 aliphatic rings. The molecule has 0 aromatic heterocycles. The molecule has 1 heterocycles. The molecule has 1 aromatic rings. The van der Waals surface area contributed by atoms with Crippen molar-refractivity contribution in [1.29, 1.82) is 0 Å². The number of esters is 1. The molecule has 0 N–H and O–H groups in total. The zero-order valence-corrected chi connectivity index (χ0v) is 16.8. The van der Waals surface area contributed by atoms with Crippen molar-refractivity contribution in [2.45, 2.75) is 38.1 Å². The van der Waals surface area contributed by atoms with Crippen molar-refractivity contribution in [2.75, 3.05) is 26.9 Å². The number of carbonyl (C=O) groups excluding carboxylic acids is 3. The van der Waals surface area contributed by atoms with E-state index in [1.165, 1.54) is 7.11 Å². The van der Waals surface area contributed by atoms with Crippen molar-refractivity contribution in [3.8, 4) is 0 Å². The predicted molar refractivity (Wildman–Crippen MR) is 106 cm³/mol. The molecule has 1 amide bonds. The van der Waals surface area contributed by atoms with E-state index in [0.29, 0.717) is 24.6 Å². The second-order valence-corrected chi connectivity index (χ2v) is 7.10. The Morgan fingerprint density at radius 2 is 2.14 bits per heavy atom. The number of unbranched alkanes of at least 4 members (excludes halogenated alkanes) is 1. The molecule has 7 heteroatoms. The second kappa shape index (κ2) is 11.6. The van der Waals surface area contributed by atoms with Crippen molar-refractivity contribution in [3.63, 3.8) is 0 Å². The van der Waals surface area contributed by atoms with Crippen LogP contribution in [0, 0.1) is 0 Å². The van der Waals surface area contributed by atoms with Crippen LogP contribution < -0.4 is 0 Å². The van der Waals surface area contributed by atoms with Gasteiger partial charge in [-0.3, -0.25) is 9.59 Å². The third-order valence-corrected chi connectivity index (χ3v) is 4.77. The summed E-state index contributed by atoms with van der Waals surface area (Å²) >= 11 is 5.94. The molecule has 1 fully saturated rings. The van der Waals surface area contributed by atoms with Crippen LogP contribution in [-0.4, -0.2) is 55.5 Å². The number of amides is 1. The van der Waals surface area contributed by atoms with Gasteiger partial charge in [-0.25, -0.2) is 4.79 Å². The zero-order chi connectivity index (χ0) is 20.4. The van der Waals surface area contributed by atoms with Crippen molar-refractivity contribution in [2.24, 2.45) is 0 Å². The van der Waals surface area contributed by atoms with Gasteiger partial charge in [-0.2, -0.15) is 0 Å². The van der Waals surface area contributed by atoms with Crippen LogP contribution in [0.15, 0.2) is 36.4 Å². The number of likely N-dealkylation sites (tertiary alicyclic amines) is 1. The van der Waals surface area contributed by atoms with Crippen LogP contribution in [0.2, 0.25) is 5.02 Å². The molecular weight excluding hydrogens is 382 g/mol. The Kier molecular flexibility index (Phi) is 9.17. The molecule has 1 aromatic carbocycles. The normalized spacial score (nSPS) is 16.7. The maximum absolute atomic E-state index is 12.2. The van der Waals surface area contributed by atoms with Crippen LogP contribution in [-0.2, 0) is 30.3 Å². The Labute approximate surface area is 170 Å². The van der Waals surface area contributed by atoms with Gasteiger partial charge in [0.2, 0.25) is 5.91 Å². The molecule has 1 aliphatic heterocycles. The number of halogens is 1. The summed E-state index contributed by atoms with van der Waals surface area (Å²) in [6.07, 6.45) is 6.41. The number of benzene rings is 1. The van der Waals surface area contributed by atoms with Crippen molar-refractivity contribution < 1.29 is 23.9 Å². The fraction of sp³-hybridized carbons (Fsp3) is 0.476. The van der Waals surface area contributed by atoms with E-state index in [9.17, 15) is 14.4 Å². The summed E-state index contributed by atoms with van der Waals surface area (Å²) in [5, 5.41) is 0.609. The summed E-state index contributed by atoms with van der Waals surface area (Å²) in [7, 11) is 1.32. The molecule has 0 radical (unpaired) electrons. The first-order valence-electron chi connectivity index (χ1n) is 9.39. The number of ether oxygens (including phenoxy) is 2. The zero-order valence-electron chi connectivity index (χ0n) is 16.1. The number of methoxy groups -OCH3 is 1. The summed E-state index contributed by atoms with van der Waals surface area (Å²) < 4.78 is 9.70. The van der Waals surface area contributed by atoms with Gasteiger partial charge in [-0.05, 0) is 43.0 Å². The molecule has 0 bridgehead atoms. The average Bonchev–Trinajstić information content (AvgIpc) is 3.02. The largest absolute Gasteiger partial charge is 0.467 e. The lowest BCUT2D eigenvalue weighted by Gasteiger charge is -2.22. The fourth-order valence-corrected chi connectivity index (χ4v) is 3.29. The lowest BCUT2D eigenvalue weighted by molar-refractivity contribution is -0.145. The highest BCUT2D eigenvalue weighted by atomic mass is 35.5. The Balaban J connectivity index is 1.75. The first-order chi connectivity index (χ1) is 13.5. The molecule has 1 unspecified atom stereocenters. The Hall–Kier alpha value is -2.18. The Bertz CT molecular complexity index is 719. The molecule has 2 rings (SSSR count). The molecule has 1 atom stereocenters. The minimum Gasteiger partial charge on any atom is -0.467 e. The van der Waals surface area contributed by atoms with E-state index in [1.807, 2.05) is 23.1 Å². The number of rotatable bonds is 11. The highest BCUT2D eigenvalue weighted by Crippen LogP contribution is 2.20. The van der Waals surface area contributed by atoms with E-state index in [1.54, 1.807) is 18.2 Å². The van der Waals surface area contributed by atoms with Crippen LogP contribution in [0.5, 0.6) is 0 Å². The Morgan fingerprint density at radius 3 is 2.89 bits per heavy atom. The quantitative estimate of drug-likeness (QED) is 0.320. The minimum atomic E-state index is -0.401. The lowest BCUT2D eigenvalue weighted by atomic mass is 10.1. The number of ketones is 1. The van der Waals surface area contributed by atoms with Gasteiger partial charge in [0, 0.05) is 31.0 Å². The number of hydrogen-bond donors (Lipinski definition) is 0. The molecule has 0 aliphatic carbocycles. The summed E-state index contributed by atoms with van der Waals surface area (Å²) in [6, 6.07) is 7.19. The van der Waals surface area contributed by atoms with Gasteiger partial charge >= 0.3 is 5.97 Å². The van der Waals surface area contributed by atoms with E-state index in [0.717, 1.165) is 24.8 Å². The van der Waals surface area contributed by atoms with Crippen LogP contribution >= 0.6 is 11.6 Å². The van der Waals surface area contributed by atoms with Gasteiger partial charge in [-0.1, -0.05) is 29.8 Å². The van der Waals surface area contributed by atoms with Crippen LogP contribution in [0.3, 0.4) is 0 Å². The van der Waals surface area contributed by atoms with Crippen molar-refractivity contribution >= 4 is 29.3 Å². The summed E-state index contributed by atoms with van der Waals surface area (Å²) in [5.41, 5.74) is 0.869. The van der Waals surface area contributed by atoms with Gasteiger partial charge < -0.3 is 14.4 Å². The average molecular weight is 408 g/mol. The topological polar surface area (TPSA) is 72.9 Å². The third-order valence-electron chi connectivity index (χ3n) is 4.53. The second-order valence-electron chi connectivity index (χ2n) is 6.66. The molecule has 0 saturated carbocycles. The van der Waals surface area contributed by atoms with Crippen molar-refractivity contribution in [3.05, 3.63) is 47.0 Å². The fourth-order valence-electron chi connectivity index (χ4n) is 3.07. The van der Waals surface area contributed by atoms with E-state index >= 15 is 0 Å². The van der Waals surface area contributed by atoms with Gasteiger partial charge in [0.15, 0.2) is 5.78 Å². The lowest BCUT2D eigenvalue weighted by Crippen LogP contribution is -2.33. The van der Waals surface area contributed by atoms with Gasteiger partial charge in [0.25, 0.3) is 0 Å². The maximum atomic E-state index is 12.2. The highest BCUT2D eigenvalue weighted by Gasteiger charge is 2.28. The van der Waals surface area contributed by atoms with Crippen LogP contribution in [0.4, 0.5) is 0 Å². The van der Waals surface area contributed by atoms with Gasteiger partial charge in [0.1, 0.15) is 6.61 Å². The molecule has 1 saturated heterocycles. The summed E-state index contributed by atoms with van der Waals surface area (Å²) in [6.45, 7) is 0.993. The molecule has 6 nitrogen and oxygen atoms in total. The van der Waals surface area contributed by atoms with E-state index in [4.69, 9.17) is 16.3 Å². The summed E-state index contributed by atoms with van der Waals surface area (Å²) in [4.78, 5) is 37.1. The number of hydrogen-bond acceptors (Lipinski definition) is 5. The molecule has 152 valence electrons. The first-order valence-corrected chi connectivity index (χ1v) is 9.77. The van der Waals surface area contributed by atoms with E-state index < -0.39 is 5.97 Å². The van der Waals surface area contributed by atoms with Crippen LogP contribution in [0.25, 0.3) is 0 Å². The summed E-state index contributed by atoms with van der Waals surface area (Å²) in [5.74, 6) is -0.312. The van der Waals surface area contributed by atoms with E-state index in [-0.39, 0.29) is 30.8 Å². The highest BCUT2D eigenvalue weighted by molar-refractivity contribution is 6.30. The number of nitrogens with zero attached hydrogens (tertiary/aromatic N) is 1. The van der Waals surface area contributed by atoms with Crippen molar-refractivity contribution in [1.82, 2.24) is 4.90 Å². The minimum absolute atomic E-state index is 0.0159. The first kappa shape index (κ1) is 22.1. The number of carbonyl (C=O) groups is 3.